The molecule has 0 aromatic carbocycles. The number of carbonyl (C=O) groups excluding carboxylic acids is 2. The van der Waals surface area contributed by atoms with Crippen LogP contribution < -0.4 is 16.6 Å². The molecule has 4 N–H and O–H groups in total. The van der Waals surface area contributed by atoms with Gasteiger partial charge in [-0.25, -0.2) is 5.84 Å². The second-order valence-corrected chi connectivity index (χ2v) is 4.67. The van der Waals surface area contributed by atoms with Crippen molar-refractivity contribution in [3.05, 3.63) is 0 Å². The van der Waals surface area contributed by atoms with Gasteiger partial charge in [0.2, 0.25) is 17.8 Å². The molecule has 0 aromatic rings. The normalized spacial score (nSPS) is 21.3. The number of nitrogens with two attached hydrogens (primary N) is 1. The van der Waals surface area contributed by atoms with Crippen LogP contribution in [0.2, 0.25) is 0 Å². The van der Waals surface area contributed by atoms with E-state index in [0.717, 1.165) is 0 Å². The second kappa shape index (κ2) is 6.34. The summed E-state index contributed by atoms with van der Waals surface area (Å²) >= 11 is 0. The average molecular weight is 255 g/mol. The fraction of sp³-hybridized carbons (Fsp3) is 0.727. The van der Waals surface area contributed by atoms with Gasteiger partial charge in [0.15, 0.2) is 0 Å². The predicted octanol–water partition coefficient (Wildman–Crippen LogP) is -0.801. The molecule has 7 heteroatoms. The Morgan fingerprint density at radius 3 is 2.78 bits per heavy atom. The Bertz CT molecular complexity index is 353. The molecule has 2 amide bonds. The van der Waals surface area contributed by atoms with E-state index in [4.69, 9.17) is 5.84 Å². The number of nitrogens with one attached hydrogen (secondary N) is 2. The average Bonchev–Trinajstić information content (AvgIpc) is 2.29. The molecule has 0 radical (unpaired) electrons. The van der Waals surface area contributed by atoms with Crippen molar-refractivity contribution >= 4 is 17.8 Å². The zero-order valence-electron chi connectivity index (χ0n) is 11.1. The largest absolute Gasteiger partial charge is 0.321 e. The van der Waals surface area contributed by atoms with Crippen molar-refractivity contribution < 1.29 is 9.59 Å². The van der Waals surface area contributed by atoms with Gasteiger partial charge in [-0.05, 0) is 12.3 Å². The molecule has 1 saturated heterocycles. The van der Waals surface area contributed by atoms with Gasteiger partial charge in [0, 0.05) is 6.54 Å². The van der Waals surface area contributed by atoms with Gasteiger partial charge >= 0.3 is 0 Å². The number of hydrogen-bond acceptors (Lipinski definition) is 4. The number of amides is 2. The number of aliphatic imine (C=N–C) groups is 1. The summed E-state index contributed by atoms with van der Waals surface area (Å²) in [6, 6.07) is -0.412. The molecular weight excluding hydrogens is 234 g/mol. The van der Waals surface area contributed by atoms with E-state index in [1.54, 1.807) is 4.90 Å². The number of hydrogen-bond donors (Lipinski definition) is 3. The molecule has 1 heterocycles. The molecule has 1 unspecified atom stereocenters. The molecule has 1 aliphatic heterocycles. The number of piperazine rings is 1. The summed E-state index contributed by atoms with van der Waals surface area (Å²) in [6.45, 7) is 6.61. The lowest BCUT2D eigenvalue weighted by Crippen LogP contribution is -2.62. The maximum absolute atomic E-state index is 11.7. The summed E-state index contributed by atoms with van der Waals surface area (Å²) in [4.78, 5) is 29.0. The van der Waals surface area contributed by atoms with E-state index < -0.39 is 6.04 Å². The van der Waals surface area contributed by atoms with Crippen LogP contribution in [-0.2, 0) is 9.59 Å². The third kappa shape index (κ3) is 3.43. The highest BCUT2D eigenvalue weighted by molar-refractivity contribution is 6.04. The number of carbonyl (C=O) groups is 2. The van der Waals surface area contributed by atoms with Crippen LogP contribution in [0.3, 0.4) is 0 Å². The first-order valence-electron chi connectivity index (χ1n) is 6.11. The Labute approximate surface area is 107 Å². The fourth-order valence-electron chi connectivity index (χ4n) is 1.78. The molecule has 1 fully saturated rings. The minimum Gasteiger partial charge on any atom is -0.321 e. The lowest BCUT2D eigenvalue weighted by molar-refractivity contribution is -0.137. The summed E-state index contributed by atoms with van der Waals surface area (Å²) in [5.74, 6) is 5.56. The number of nitrogens with zero attached hydrogens (tertiary/aromatic N) is 2. The maximum Gasteiger partial charge on any atom is 0.249 e. The fourth-order valence-corrected chi connectivity index (χ4v) is 1.78. The lowest BCUT2D eigenvalue weighted by atomic mass is 10.1. The molecule has 1 aliphatic rings. The van der Waals surface area contributed by atoms with E-state index in [-0.39, 0.29) is 18.4 Å². The third-order valence-corrected chi connectivity index (χ3v) is 2.65. The van der Waals surface area contributed by atoms with Gasteiger partial charge < -0.3 is 4.90 Å². The van der Waals surface area contributed by atoms with Gasteiger partial charge in [0.25, 0.3) is 0 Å². The second-order valence-electron chi connectivity index (χ2n) is 4.67. The van der Waals surface area contributed by atoms with Crippen molar-refractivity contribution in [2.45, 2.75) is 33.2 Å². The smallest absolute Gasteiger partial charge is 0.249 e. The van der Waals surface area contributed by atoms with Crippen molar-refractivity contribution in [1.82, 2.24) is 15.6 Å². The summed E-state index contributed by atoms with van der Waals surface area (Å²) < 4.78 is 0. The van der Waals surface area contributed by atoms with Crippen LogP contribution in [0, 0.1) is 5.92 Å². The zero-order valence-corrected chi connectivity index (χ0v) is 11.1. The van der Waals surface area contributed by atoms with Gasteiger partial charge in [0.05, 0.1) is 0 Å². The van der Waals surface area contributed by atoms with E-state index >= 15 is 0 Å². The molecule has 102 valence electrons. The SMILES string of the molecule is CCC1C(=O)NC(=O)CN1C(=NCC(C)C)NN. The maximum atomic E-state index is 11.7. The highest BCUT2D eigenvalue weighted by Gasteiger charge is 2.34. The minimum atomic E-state index is -0.412. The topological polar surface area (TPSA) is 99.8 Å². The van der Waals surface area contributed by atoms with Crippen molar-refractivity contribution in [1.29, 1.82) is 0 Å². The molecule has 18 heavy (non-hydrogen) atoms. The lowest BCUT2D eigenvalue weighted by Gasteiger charge is -2.35. The number of imide groups is 1. The van der Waals surface area contributed by atoms with Crippen molar-refractivity contribution in [3.8, 4) is 0 Å². The molecule has 0 aliphatic carbocycles. The Morgan fingerprint density at radius 2 is 2.28 bits per heavy atom. The van der Waals surface area contributed by atoms with Gasteiger partial charge in [-0.15, -0.1) is 0 Å². The predicted molar refractivity (Wildman–Crippen MR) is 68.4 cm³/mol. The molecule has 1 rings (SSSR count). The Balaban J connectivity index is 2.90. The Morgan fingerprint density at radius 1 is 1.61 bits per heavy atom. The molecule has 7 nitrogen and oxygen atoms in total. The van der Waals surface area contributed by atoms with Crippen LogP contribution in [0.15, 0.2) is 4.99 Å². The van der Waals surface area contributed by atoms with E-state index in [1.807, 2.05) is 20.8 Å². The number of rotatable bonds is 3. The van der Waals surface area contributed by atoms with Crippen molar-refractivity contribution in [2.24, 2.45) is 16.8 Å². The van der Waals surface area contributed by atoms with E-state index in [1.165, 1.54) is 0 Å². The van der Waals surface area contributed by atoms with Gasteiger partial charge in [-0.1, -0.05) is 20.8 Å². The van der Waals surface area contributed by atoms with Crippen molar-refractivity contribution in [2.75, 3.05) is 13.1 Å². The first kappa shape index (κ1) is 14.4. The monoisotopic (exact) mass is 255 g/mol. The summed E-state index contributed by atoms with van der Waals surface area (Å²) in [5, 5.41) is 2.31. The Hall–Kier alpha value is -1.63. The van der Waals surface area contributed by atoms with Gasteiger partial charge in [-0.3, -0.25) is 25.3 Å². The molecular formula is C11H21N5O2. The minimum absolute atomic E-state index is 0.0887. The van der Waals surface area contributed by atoms with E-state index in [2.05, 4.69) is 15.7 Å². The Kier molecular flexibility index (Phi) is 5.08. The van der Waals surface area contributed by atoms with E-state index in [9.17, 15) is 9.59 Å². The van der Waals surface area contributed by atoms with Crippen LogP contribution in [0.1, 0.15) is 27.2 Å². The molecule has 0 saturated carbocycles. The van der Waals surface area contributed by atoms with Crippen LogP contribution >= 0.6 is 0 Å². The summed E-state index contributed by atoms with van der Waals surface area (Å²) in [6.07, 6.45) is 0.585. The standard InChI is InChI=1S/C11H21N5O2/c1-4-8-10(18)14-9(17)6-16(8)11(15-12)13-5-7(2)3/h7-8H,4-6,12H2,1-3H3,(H,13,15)(H,14,17,18). The van der Waals surface area contributed by atoms with Crippen LogP contribution in [0.25, 0.3) is 0 Å². The quantitative estimate of drug-likeness (QED) is 0.201. The molecule has 0 aromatic heterocycles. The van der Waals surface area contributed by atoms with Crippen LogP contribution in [-0.4, -0.2) is 41.8 Å². The summed E-state index contributed by atoms with van der Waals surface area (Å²) in [5.41, 5.74) is 2.48. The van der Waals surface area contributed by atoms with Crippen LogP contribution in [0.5, 0.6) is 0 Å². The van der Waals surface area contributed by atoms with Crippen molar-refractivity contribution in [3.63, 3.8) is 0 Å². The number of hydrazine groups is 1. The summed E-state index contributed by atoms with van der Waals surface area (Å²) in [7, 11) is 0. The van der Waals surface area contributed by atoms with E-state index in [0.29, 0.717) is 24.8 Å². The first-order chi connectivity index (χ1) is 8.49. The zero-order chi connectivity index (χ0) is 13.7. The van der Waals surface area contributed by atoms with Crippen LogP contribution in [0.4, 0.5) is 0 Å². The first-order valence-corrected chi connectivity index (χ1v) is 6.11. The van der Waals surface area contributed by atoms with Gasteiger partial charge in [0.1, 0.15) is 12.6 Å². The highest BCUT2D eigenvalue weighted by atomic mass is 16.2. The van der Waals surface area contributed by atoms with Gasteiger partial charge in [-0.2, -0.15) is 0 Å². The third-order valence-electron chi connectivity index (χ3n) is 2.65. The molecule has 0 spiro atoms. The number of guanidine groups is 1. The molecule has 0 bridgehead atoms. The molecule has 1 atom stereocenters. The highest BCUT2D eigenvalue weighted by Crippen LogP contribution is 2.09.